The van der Waals surface area contributed by atoms with Gasteiger partial charge in [0.1, 0.15) is 0 Å². The molecule has 3 aromatic heterocycles. The minimum atomic E-state index is -0.220. The number of hydrogen-bond acceptors (Lipinski definition) is 5. The Hall–Kier alpha value is -3.54. The predicted octanol–water partition coefficient (Wildman–Crippen LogP) is 2.82. The topological polar surface area (TPSA) is 75.9 Å². The van der Waals surface area contributed by atoms with Gasteiger partial charge in [-0.25, -0.2) is 0 Å². The zero-order chi connectivity index (χ0) is 17.8. The minimum absolute atomic E-state index is 0.173. The molecule has 0 radical (unpaired) electrons. The van der Waals surface area contributed by atoms with Crippen LogP contribution in [0.1, 0.15) is 22.6 Å². The van der Waals surface area contributed by atoms with E-state index < -0.39 is 0 Å². The van der Waals surface area contributed by atoms with Gasteiger partial charge in [-0.3, -0.25) is 14.5 Å². The first-order valence-electron chi connectivity index (χ1n) is 8.26. The first-order valence-corrected chi connectivity index (χ1v) is 8.26. The molecule has 0 aliphatic rings. The molecule has 4 rings (SSSR count). The van der Waals surface area contributed by atoms with Gasteiger partial charge in [-0.05, 0) is 39.9 Å². The van der Waals surface area contributed by atoms with E-state index in [9.17, 15) is 5.11 Å². The van der Waals surface area contributed by atoms with E-state index in [4.69, 9.17) is 0 Å². The molecule has 0 aliphatic heterocycles. The molecule has 6 nitrogen and oxygen atoms in total. The van der Waals surface area contributed by atoms with Gasteiger partial charge in [0.15, 0.2) is 0 Å². The lowest BCUT2D eigenvalue weighted by Crippen LogP contribution is -2.31. The van der Waals surface area contributed by atoms with E-state index in [1.54, 1.807) is 12.4 Å². The van der Waals surface area contributed by atoms with Crippen molar-refractivity contribution in [1.29, 1.82) is 0 Å². The van der Waals surface area contributed by atoms with Crippen LogP contribution in [-0.2, 0) is 6.42 Å². The van der Waals surface area contributed by atoms with Gasteiger partial charge >= 0.3 is 5.95 Å². The number of nitrogens with zero attached hydrogens (tertiary/aromatic N) is 4. The maximum Gasteiger partial charge on any atom is 0.381 e. The highest BCUT2D eigenvalue weighted by molar-refractivity contribution is 5.34. The SMILES string of the molecule is Oc1c[n+](-c2ccc(CC(c3cccnc3)c3cccnc3)cc2)no1. The molecule has 1 N–H and O–H groups in total. The average Bonchev–Trinajstić information content (AvgIpc) is 3.14. The van der Waals surface area contributed by atoms with Crippen LogP contribution in [0.25, 0.3) is 5.69 Å². The van der Waals surface area contributed by atoms with Crippen molar-refractivity contribution in [3.63, 3.8) is 0 Å². The summed E-state index contributed by atoms with van der Waals surface area (Å²) in [5, 5.41) is 13.0. The van der Waals surface area contributed by atoms with Crippen molar-refractivity contribution in [2.24, 2.45) is 0 Å². The Balaban J connectivity index is 1.62. The summed E-state index contributed by atoms with van der Waals surface area (Å²) in [7, 11) is 0. The summed E-state index contributed by atoms with van der Waals surface area (Å²) in [5.74, 6) is -0.0470. The smallest absolute Gasteiger partial charge is 0.381 e. The van der Waals surface area contributed by atoms with E-state index in [1.807, 2.05) is 48.8 Å². The van der Waals surface area contributed by atoms with Crippen molar-refractivity contribution in [2.45, 2.75) is 12.3 Å². The first-order chi connectivity index (χ1) is 12.8. The Labute approximate surface area is 150 Å². The normalized spacial score (nSPS) is 11.0. The van der Waals surface area contributed by atoms with Gasteiger partial charge in [0, 0.05) is 42.8 Å². The van der Waals surface area contributed by atoms with Crippen LogP contribution >= 0.6 is 0 Å². The Bertz CT molecular complexity index is 930. The van der Waals surface area contributed by atoms with Crippen LogP contribution in [0, 0.1) is 0 Å². The second-order valence-corrected chi connectivity index (χ2v) is 5.98. The van der Waals surface area contributed by atoms with Crippen molar-refractivity contribution in [2.75, 3.05) is 0 Å². The zero-order valence-electron chi connectivity index (χ0n) is 13.9. The zero-order valence-corrected chi connectivity index (χ0v) is 13.9. The fourth-order valence-electron chi connectivity index (χ4n) is 2.97. The number of aromatic nitrogens is 4. The molecule has 26 heavy (non-hydrogen) atoms. The van der Waals surface area contributed by atoms with Gasteiger partial charge in [0.25, 0.3) is 6.20 Å². The van der Waals surface area contributed by atoms with Gasteiger partial charge in [-0.15, -0.1) is 0 Å². The summed E-state index contributed by atoms with van der Waals surface area (Å²) in [6.45, 7) is 0. The Kier molecular flexibility index (Phi) is 4.38. The summed E-state index contributed by atoms with van der Waals surface area (Å²) in [5.41, 5.74) is 4.30. The third-order valence-corrected chi connectivity index (χ3v) is 4.27. The highest BCUT2D eigenvalue weighted by Gasteiger charge is 2.17. The molecule has 3 heterocycles. The number of pyridine rings is 2. The summed E-state index contributed by atoms with van der Waals surface area (Å²) in [4.78, 5) is 8.53. The summed E-state index contributed by atoms with van der Waals surface area (Å²) < 4.78 is 6.17. The fraction of sp³-hybridized carbons (Fsp3) is 0.100. The third kappa shape index (κ3) is 3.44. The standard InChI is InChI=1S/C20H16N4O2/c25-20-14-24(23-26-20)18-7-5-15(6-8-18)11-19(16-3-1-9-21-12-16)17-4-2-10-22-13-17/h1-10,12-14,19H,11H2/p+1. The maximum atomic E-state index is 9.28. The maximum absolute atomic E-state index is 9.28. The molecule has 1 aromatic carbocycles. The van der Waals surface area contributed by atoms with E-state index >= 15 is 0 Å². The van der Waals surface area contributed by atoms with Crippen molar-refractivity contribution >= 4 is 0 Å². The second kappa shape index (κ2) is 7.14. The summed E-state index contributed by atoms with van der Waals surface area (Å²) in [6, 6.07) is 16.1. The predicted molar refractivity (Wildman–Crippen MR) is 93.7 cm³/mol. The van der Waals surface area contributed by atoms with Crippen LogP contribution < -0.4 is 4.68 Å². The van der Waals surface area contributed by atoms with Gasteiger partial charge in [0.2, 0.25) is 11.0 Å². The van der Waals surface area contributed by atoms with Crippen LogP contribution in [0.5, 0.6) is 5.95 Å². The van der Waals surface area contributed by atoms with Gasteiger partial charge in [0.05, 0.1) is 0 Å². The average molecular weight is 345 g/mol. The molecule has 4 aromatic rings. The monoisotopic (exact) mass is 345 g/mol. The molecule has 6 heteroatoms. The van der Waals surface area contributed by atoms with E-state index in [0.717, 1.165) is 23.2 Å². The number of rotatable bonds is 5. The fourth-order valence-corrected chi connectivity index (χ4v) is 2.97. The molecule has 0 fully saturated rings. The third-order valence-electron chi connectivity index (χ3n) is 4.27. The Morgan fingerprint density at radius 3 is 2.08 bits per heavy atom. The lowest BCUT2D eigenvalue weighted by atomic mass is 9.87. The first kappa shape index (κ1) is 16.0. The highest BCUT2D eigenvalue weighted by Crippen LogP contribution is 2.27. The Morgan fingerprint density at radius 1 is 0.923 bits per heavy atom. The van der Waals surface area contributed by atoms with Crippen molar-refractivity contribution in [3.05, 3.63) is 96.2 Å². The molecule has 0 atom stereocenters. The molecule has 0 saturated heterocycles. The molecular weight excluding hydrogens is 328 g/mol. The van der Waals surface area contributed by atoms with Crippen LogP contribution in [0.15, 0.2) is 84.0 Å². The number of benzene rings is 1. The quantitative estimate of drug-likeness (QED) is 0.563. The van der Waals surface area contributed by atoms with Crippen molar-refractivity contribution in [1.82, 2.24) is 15.2 Å². The van der Waals surface area contributed by atoms with Crippen LogP contribution in [-0.4, -0.2) is 20.3 Å². The molecule has 0 bridgehead atoms. The van der Waals surface area contributed by atoms with E-state index in [1.165, 1.54) is 16.4 Å². The van der Waals surface area contributed by atoms with Crippen molar-refractivity contribution in [3.8, 4) is 11.6 Å². The minimum Gasteiger partial charge on any atom is -0.475 e. The summed E-state index contributed by atoms with van der Waals surface area (Å²) in [6.07, 6.45) is 9.61. The van der Waals surface area contributed by atoms with Gasteiger partial charge < -0.3 is 5.11 Å². The van der Waals surface area contributed by atoms with Crippen LogP contribution in [0.4, 0.5) is 0 Å². The van der Waals surface area contributed by atoms with Gasteiger partial charge in [-0.2, -0.15) is 0 Å². The van der Waals surface area contributed by atoms with Crippen LogP contribution in [0.3, 0.4) is 0 Å². The van der Waals surface area contributed by atoms with E-state index in [2.05, 4.69) is 31.9 Å². The molecular formula is C20H17N4O2+. The molecule has 0 saturated carbocycles. The van der Waals surface area contributed by atoms with Crippen LogP contribution in [0.2, 0.25) is 0 Å². The largest absolute Gasteiger partial charge is 0.475 e. The molecule has 128 valence electrons. The number of hydrogen-bond donors (Lipinski definition) is 1. The molecule has 0 unspecified atom stereocenters. The van der Waals surface area contributed by atoms with E-state index in [-0.39, 0.29) is 11.9 Å². The Morgan fingerprint density at radius 2 is 1.58 bits per heavy atom. The molecule has 0 amide bonds. The number of aromatic hydroxyl groups is 1. The van der Waals surface area contributed by atoms with Gasteiger partial charge in [-0.1, -0.05) is 24.3 Å². The molecule has 0 aliphatic carbocycles. The lowest BCUT2D eigenvalue weighted by molar-refractivity contribution is -0.670. The summed E-state index contributed by atoms with van der Waals surface area (Å²) >= 11 is 0. The highest BCUT2D eigenvalue weighted by atomic mass is 16.6. The van der Waals surface area contributed by atoms with E-state index in [0.29, 0.717) is 0 Å². The molecule has 0 spiro atoms. The second-order valence-electron chi connectivity index (χ2n) is 5.98. The van der Waals surface area contributed by atoms with Crippen molar-refractivity contribution < 1.29 is 14.3 Å². The lowest BCUT2D eigenvalue weighted by Gasteiger charge is -2.17.